The number of H-pyrrole nitrogens is 1. The number of piperidine rings is 1. The van der Waals surface area contributed by atoms with Gasteiger partial charge in [0, 0.05) is 36.5 Å². The van der Waals surface area contributed by atoms with Gasteiger partial charge in [-0.05, 0) is 43.7 Å². The summed E-state index contributed by atoms with van der Waals surface area (Å²) in [6.07, 6.45) is 5.07. The summed E-state index contributed by atoms with van der Waals surface area (Å²) in [5.41, 5.74) is 1.12. The second-order valence-corrected chi connectivity index (χ2v) is 8.81. The van der Waals surface area contributed by atoms with Gasteiger partial charge in [0.2, 0.25) is 0 Å². The highest BCUT2D eigenvalue weighted by Crippen LogP contribution is 2.40. The number of aromatic amines is 1. The van der Waals surface area contributed by atoms with Crippen LogP contribution in [0.3, 0.4) is 0 Å². The molecule has 32 heavy (non-hydrogen) atoms. The number of carbonyl (C=O) groups excluding carboxylic acids is 1. The van der Waals surface area contributed by atoms with E-state index in [1.54, 1.807) is 6.07 Å². The quantitative estimate of drug-likeness (QED) is 0.553. The molecule has 7 nitrogen and oxygen atoms in total. The van der Waals surface area contributed by atoms with E-state index in [9.17, 15) is 9.59 Å². The lowest BCUT2D eigenvalue weighted by Crippen LogP contribution is -2.49. The molecule has 2 aromatic carbocycles. The van der Waals surface area contributed by atoms with Crippen molar-refractivity contribution < 1.29 is 4.79 Å². The second kappa shape index (κ2) is 9.02. The Morgan fingerprint density at radius 2 is 1.84 bits per heavy atom. The molecule has 3 N–H and O–H groups in total. The first-order valence-corrected chi connectivity index (χ1v) is 11.5. The van der Waals surface area contributed by atoms with Gasteiger partial charge in [0.1, 0.15) is 0 Å². The predicted octanol–water partition coefficient (Wildman–Crippen LogP) is 3.85. The topological polar surface area (TPSA) is 90.1 Å². The highest BCUT2D eigenvalue weighted by Gasteiger charge is 2.40. The molecule has 1 aliphatic carbocycles. The van der Waals surface area contributed by atoms with Crippen LogP contribution in [-0.2, 0) is 0 Å². The standard InChI is InChI=1S/C25H29N5O2/c31-24-20-12-5-4-11-19(20)23(28-29-24)26-14-13-18-10-6-7-15-30(18)25(32)27-22-16-21(22)17-8-2-1-3-9-17/h1-5,8-9,11-12,18,21-22H,6-7,10,13-16H2,(H,26,28)(H,27,32)(H,29,31)/t18?,21-,22-/m0/s1. The minimum Gasteiger partial charge on any atom is -0.368 e. The number of nitrogens with one attached hydrogen (secondary N) is 3. The van der Waals surface area contributed by atoms with E-state index in [1.807, 2.05) is 29.2 Å². The maximum atomic E-state index is 13.0. The number of likely N-dealkylation sites (tertiary alicyclic amines) is 1. The molecule has 3 aromatic rings. The van der Waals surface area contributed by atoms with Crippen molar-refractivity contribution >= 4 is 22.6 Å². The molecule has 1 unspecified atom stereocenters. The lowest BCUT2D eigenvalue weighted by molar-refractivity contribution is 0.147. The number of fused-ring (bicyclic) bond motifs is 1. The Labute approximate surface area is 187 Å². The number of hydrogen-bond acceptors (Lipinski definition) is 4. The number of benzene rings is 2. The molecular formula is C25H29N5O2. The Morgan fingerprint density at radius 1 is 1.06 bits per heavy atom. The van der Waals surface area contributed by atoms with E-state index in [0.29, 0.717) is 23.7 Å². The van der Waals surface area contributed by atoms with Gasteiger partial charge < -0.3 is 15.5 Å². The molecule has 2 aliphatic rings. The molecule has 1 saturated carbocycles. The second-order valence-electron chi connectivity index (χ2n) is 8.81. The van der Waals surface area contributed by atoms with Gasteiger partial charge in [-0.15, -0.1) is 0 Å². The average molecular weight is 432 g/mol. The van der Waals surface area contributed by atoms with Crippen LogP contribution in [0.4, 0.5) is 10.6 Å². The van der Waals surface area contributed by atoms with Crippen LogP contribution in [0.2, 0.25) is 0 Å². The van der Waals surface area contributed by atoms with Crippen LogP contribution in [-0.4, -0.2) is 46.3 Å². The average Bonchev–Trinajstić information content (AvgIpc) is 3.60. The smallest absolute Gasteiger partial charge is 0.317 e. The largest absolute Gasteiger partial charge is 0.368 e. The summed E-state index contributed by atoms with van der Waals surface area (Å²) in [7, 11) is 0. The van der Waals surface area contributed by atoms with Crippen molar-refractivity contribution in [3.63, 3.8) is 0 Å². The van der Waals surface area contributed by atoms with Crippen molar-refractivity contribution in [2.75, 3.05) is 18.4 Å². The molecule has 2 fully saturated rings. The summed E-state index contributed by atoms with van der Waals surface area (Å²) in [5.74, 6) is 1.11. The van der Waals surface area contributed by atoms with E-state index in [4.69, 9.17) is 0 Å². The highest BCUT2D eigenvalue weighted by atomic mass is 16.2. The fourth-order valence-electron chi connectivity index (χ4n) is 4.84. The summed E-state index contributed by atoms with van der Waals surface area (Å²) in [6, 6.07) is 18.4. The van der Waals surface area contributed by atoms with Gasteiger partial charge in [0.25, 0.3) is 5.56 Å². The Balaban J connectivity index is 1.18. The lowest BCUT2D eigenvalue weighted by atomic mass is 9.99. The highest BCUT2D eigenvalue weighted by molar-refractivity contribution is 5.90. The van der Waals surface area contributed by atoms with Crippen LogP contribution in [0.15, 0.2) is 59.4 Å². The van der Waals surface area contributed by atoms with Crippen molar-refractivity contribution in [2.45, 2.75) is 50.1 Å². The van der Waals surface area contributed by atoms with Crippen LogP contribution < -0.4 is 16.2 Å². The summed E-state index contributed by atoms with van der Waals surface area (Å²) in [4.78, 5) is 27.0. The molecule has 3 atom stereocenters. The van der Waals surface area contributed by atoms with E-state index in [2.05, 4.69) is 45.1 Å². The minimum absolute atomic E-state index is 0.0609. The summed E-state index contributed by atoms with van der Waals surface area (Å²) in [5, 5.41) is 14.8. The number of nitrogens with zero attached hydrogens (tertiary/aromatic N) is 2. The Hall–Kier alpha value is -3.35. The monoisotopic (exact) mass is 431 g/mol. The third-order valence-electron chi connectivity index (χ3n) is 6.68. The van der Waals surface area contributed by atoms with Gasteiger partial charge in [-0.25, -0.2) is 9.89 Å². The van der Waals surface area contributed by atoms with Gasteiger partial charge in [0.05, 0.1) is 5.39 Å². The molecule has 166 valence electrons. The number of carbonyl (C=O) groups is 1. The molecular weight excluding hydrogens is 402 g/mol. The molecule has 2 amide bonds. The Morgan fingerprint density at radius 3 is 2.69 bits per heavy atom. The van der Waals surface area contributed by atoms with Crippen LogP contribution in [0.5, 0.6) is 0 Å². The lowest BCUT2D eigenvalue weighted by Gasteiger charge is -2.36. The van der Waals surface area contributed by atoms with E-state index in [0.717, 1.165) is 44.0 Å². The van der Waals surface area contributed by atoms with E-state index >= 15 is 0 Å². The maximum absolute atomic E-state index is 13.0. The zero-order valence-corrected chi connectivity index (χ0v) is 18.1. The molecule has 7 heteroatoms. The molecule has 0 radical (unpaired) electrons. The van der Waals surface area contributed by atoms with Crippen molar-refractivity contribution in [1.82, 2.24) is 20.4 Å². The number of aromatic nitrogens is 2. The fraction of sp³-hybridized carbons (Fsp3) is 0.400. The third kappa shape index (κ3) is 4.33. The fourth-order valence-corrected chi connectivity index (χ4v) is 4.84. The minimum atomic E-state index is -0.185. The van der Waals surface area contributed by atoms with Crippen LogP contribution in [0.25, 0.3) is 10.8 Å². The molecule has 0 bridgehead atoms. The van der Waals surface area contributed by atoms with Crippen molar-refractivity contribution in [1.29, 1.82) is 0 Å². The first-order chi connectivity index (χ1) is 15.7. The third-order valence-corrected chi connectivity index (χ3v) is 6.68. The first kappa shape index (κ1) is 20.5. The van der Waals surface area contributed by atoms with Gasteiger partial charge >= 0.3 is 6.03 Å². The van der Waals surface area contributed by atoms with E-state index in [1.165, 1.54) is 5.56 Å². The molecule has 5 rings (SSSR count). The predicted molar refractivity (Wildman–Crippen MR) is 126 cm³/mol. The van der Waals surface area contributed by atoms with Crippen molar-refractivity contribution in [2.24, 2.45) is 0 Å². The SMILES string of the molecule is O=C(N[C@H]1C[C@H]1c1ccccc1)N1CCCCC1CCNc1n[nH]c(=O)c2ccccc12. The molecule has 2 heterocycles. The zero-order valence-electron chi connectivity index (χ0n) is 18.1. The van der Waals surface area contributed by atoms with E-state index < -0.39 is 0 Å². The molecule has 1 saturated heterocycles. The number of anilines is 1. The normalized spacial score (nSPS) is 22.5. The van der Waals surface area contributed by atoms with Gasteiger partial charge in [0.15, 0.2) is 5.82 Å². The zero-order chi connectivity index (χ0) is 21.9. The van der Waals surface area contributed by atoms with E-state index in [-0.39, 0.29) is 23.7 Å². The van der Waals surface area contributed by atoms with Crippen LogP contribution in [0, 0.1) is 0 Å². The van der Waals surface area contributed by atoms with Crippen LogP contribution >= 0.6 is 0 Å². The van der Waals surface area contributed by atoms with Crippen molar-refractivity contribution in [3.8, 4) is 0 Å². The van der Waals surface area contributed by atoms with Gasteiger partial charge in [-0.1, -0.05) is 48.5 Å². The van der Waals surface area contributed by atoms with Crippen LogP contribution in [0.1, 0.15) is 43.6 Å². The number of rotatable bonds is 6. The number of urea groups is 1. The Bertz CT molecular complexity index is 1150. The van der Waals surface area contributed by atoms with Crippen molar-refractivity contribution in [3.05, 3.63) is 70.5 Å². The van der Waals surface area contributed by atoms with Gasteiger partial charge in [-0.3, -0.25) is 4.79 Å². The summed E-state index contributed by atoms with van der Waals surface area (Å²) < 4.78 is 0. The summed E-state index contributed by atoms with van der Waals surface area (Å²) >= 11 is 0. The molecule has 0 spiro atoms. The summed E-state index contributed by atoms with van der Waals surface area (Å²) in [6.45, 7) is 1.49. The molecule has 1 aliphatic heterocycles. The number of hydrogen-bond donors (Lipinski definition) is 3. The maximum Gasteiger partial charge on any atom is 0.317 e. The first-order valence-electron chi connectivity index (χ1n) is 11.5. The van der Waals surface area contributed by atoms with Gasteiger partial charge in [-0.2, -0.15) is 5.10 Å². The molecule has 1 aromatic heterocycles. The number of amides is 2. The Kier molecular flexibility index (Phi) is 5.79.